The summed E-state index contributed by atoms with van der Waals surface area (Å²) in [5.41, 5.74) is 1.49. The van der Waals surface area contributed by atoms with Crippen LogP contribution in [-0.4, -0.2) is 21.8 Å². The van der Waals surface area contributed by atoms with E-state index in [-0.39, 0.29) is 0 Å². The molecule has 2 aromatic heterocycles. The van der Waals surface area contributed by atoms with Gasteiger partial charge in [-0.25, -0.2) is 4.98 Å². The number of oxazole rings is 1. The molecule has 15 heavy (non-hydrogen) atoms. The van der Waals surface area contributed by atoms with Gasteiger partial charge in [-0.1, -0.05) is 11.6 Å². The van der Waals surface area contributed by atoms with E-state index in [1.165, 1.54) is 6.26 Å². The van der Waals surface area contributed by atoms with Crippen LogP contribution >= 0.6 is 11.6 Å². The predicted molar refractivity (Wildman–Crippen MR) is 56.5 cm³/mol. The zero-order valence-corrected chi connectivity index (χ0v) is 9.25. The molecule has 2 aromatic rings. The topological polar surface area (TPSA) is 55.9 Å². The largest absolute Gasteiger partial charge is 0.443 e. The summed E-state index contributed by atoms with van der Waals surface area (Å²) in [7, 11) is 3.65. The summed E-state index contributed by atoms with van der Waals surface area (Å²) in [5.74, 6) is 0.484. The third-order valence-electron chi connectivity index (χ3n) is 2.03. The van der Waals surface area contributed by atoms with Gasteiger partial charge < -0.3 is 9.73 Å². The Morgan fingerprint density at radius 2 is 2.40 bits per heavy atom. The Morgan fingerprint density at radius 1 is 1.60 bits per heavy atom. The molecule has 5 nitrogen and oxygen atoms in total. The highest BCUT2D eigenvalue weighted by Gasteiger charge is 2.18. The standard InChI is InChI=1S/C9H11ClN4O/c1-11-5-6-7(10)8(14(2)13-6)9-12-3-4-15-9/h3-4,11H,5H2,1-2H3. The van der Waals surface area contributed by atoms with Crippen LogP contribution in [0.2, 0.25) is 5.02 Å². The van der Waals surface area contributed by atoms with Crippen LogP contribution in [0.5, 0.6) is 0 Å². The molecule has 1 N–H and O–H groups in total. The zero-order valence-electron chi connectivity index (χ0n) is 8.49. The van der Waals surface area contributed by atoms with Gasteiger partial charge in [0, 0.05) is 13.6 Å². The number of hydrogen-bond donors (Lipinski definition) is 1. The molecule has 0 bridgehead atoms. The second-order valence-corrected chi connectivity index (χ2v) is 3.48. The number of hydrogen-bond acceptors (Lipinski definition) is 4. The predicted octanol–water partition coefficient (Wildman–Crippen LogP) is 1.45. The summed E-state index contributed by atoms with van der Waals surface area (Å²) in [6.45, 7) is 0.618. The van der Waals surface area contributed by atoms with E-state index in [1.807, 2.05) is 14.1 Å². The summed E-state index contributed by atoms with van der Waals surface area (Å²) in [4.78, 5) is 4.05. The van der Waals surface area contributed by atoms with E-state index in [9.17, 15) is 0 Å². The Hall–Kier alpha value is -1.33. The summed E-state index contributed by atoms with van der Waals surface area (Å²) in [5, 5.41) is 7.86. The first kappa shape index (κ1) is 10.2. The first-order valence-corrected chi connectivity index (χ1v) is 4.87. The fourth-order valence-corrected chi connectivity index (χ4v) is 1.71. The minimum Gasteiger partial charge on any atom is -0.443 e. The molecule has 0 spiro atoms. The second kappa shape index (κ2) is 4.04. The van der Waals surface area contributed by atoms with Gasteiger partial charge in [-0.3, -0.25) is 4.68 Å². The fraction of sp³-hybridized carbons (Fsp3) is 0.333. The summed E-state index contributed by atoms with van der Waals surface area (Å²) < 4.78 is 6.86. The quantitative estimate of drug-likeness (QED) is 0.861. The van der Waals surface area contributed by atoms with Crippen molar-refractivity contribution in [3.05, 3.63) is 23.2 Å². The lowest BCUT2D eigenvalue weighted by Crippen LogP contribution is -2.06. The highest BCUT2D eigenvalue weighted by Crippen LogP contribution is 2.28. The molecule has 0 aromatic carbocycles. The Labute approximate surface area is 92.1 Å². The molecule has 6 heteroatoms. The van der Waals surface area contributed by atoms with E-state index in [0.29, 0.717) is 23.2 Å². The van der Waals surface area contributed by atoms with E-state index in [0.717, 1.165) is 5.69 Å². The lowest BCUT2D eigenvalue weighted by atomic mass is 10.3. The van der Waals surface area contributed by atoms with Crippen LogP contribution in [0.15, 0.2) is 16.9 Å². The van der Waals surface area contributed by atoms with Gasteiger partial charge in [0.25, 0.3) is 0 Å². The Balaban J connectivity index is 2.48. The molecular weight excluding hydrogens is 216 g/mol. The van der Waals surface area contributed by atoms with Crippen LogP contribution in [-0.2, 0) is 13.6 Å². The molecule has 0 saturated heterocycles. The summed E-state index contributed by atoms with van der Waals surface area (Å²) >= 11 is 6.18. The Bertz CT molecular complexity index is 449. The van der Waals surface area contributed by atoms with Crippen LogP contribution in [0.1, 0.15) is 5.69 Å². The fourth-order valence-electron chi connectivity index (χ4n) is 1.41. The van der Waals surface area contributed by atoms with Gasteiger partial charge in [0.1, 0.15) is 12.0 Å². The van der Waals surface area contributed by atoms with Crippen molar-refractivity contribution in [2.45, 2.75) is 6.54 Å². The lowest BCUT2D eigenvalue weighted by Gasteiger charge is -1.95. The second-order valence-electron chi connectivity index (χ2n) is 3.10. The molecule has 0 fully saturated rings. The molecule has 2 heterocycles. The van der Waals surface area contributed by atoms with Crippen molar-refractivity contribution >= 4 is 11.6 Å². The van der Waals surface area contributed by atoms with Crippen LogP contribution in [0.3, 0.4) is 0 Å². The van der Waals surface area contributed by atoms with E-state index in [2.05, 4.69) is 15.4 Å². The normalized spacial score (nSPS) is 10.9. The zero-order chi connectivity index (χ0) is 10.8. The number of halogens is 1. The maximum atomic E-state index is 6.18. The number of aryl methyl sites for hydroxylation is 1. The number of nitrogens with zero attached hydrogens (tertiary/aromatic N) is 3. The first-order valence-electron chi connectivity index (χ1n) is 4.50. The molecule has 0 aliphatic carbocycles. The van der Waals surface area contributed by atoms with Gasteiger partial charge in [-0.05, 0) is 7.05 Å². The maximum absolute atomic E-state index is 6.18. The SMILES string of the molecule is CNCc1nn(C)c(-c2ncco2)c1Cl. The van der Waals surface area contributed by atoms with Crippen molar-refractivity contribution in [2.75, 3.05) is 7.05 Å². The lowest BCUT2D eigenvalue weighted by molar-refractivity contribution is 0.564. The van der Waals surface area contributed by atoms with Crippen molar-refractivity contribution in [3.63, 3.8) is 0 Å². The number of aromatic nitrogens is 3. The molecule has 0 amide bonds. The van der Waals surface area contributed by atoms with Crippen molar-refractivity contribution in [1.29, 1.82) is 0 Å². The summed E-state index contributed by atoms with van der Waals surface area (Å²) in [6.07, 6.45) is 3.09. The summed E-state index contributed by atoms with van der Waals surface area (Å²) in [6, 6.07) is 0. The van der Waals surface area contributed by atoms with Crippen LogP contribution in [0.25, 0.3) is 11.6 Å². The van der Waals surface area contributed by atoms with Crippen molar-refractivity contribution < 1.29 is 4.42 Å². The van der Waals surface area contributed by atoms with Crippen LogP contribution < -0.4 is 5.32 Å². The van der Waals surface area contributed by atoms with Crippen molar-refractivity contribution in [3.8, 4) is 11.6 Å². The Morgan fingerprint density at radius 3 is 3.00 bits per heavy atom. The molecule has 0 aliphatic heterocycles. The molecule has 0 saturated carbocycles. The molecule has 0 atom stereocenters. The first-order chi connectivity index (χ1) is 7.24. The molecule has 2 rings (SSSR count). The third kappa shape index (κ3) is 1.75. The Kier molecular flexibility index (Phi) is 2.75. The number of rotatable bonds is 3. The average molecular weight is 227 g/mol. The van der Waals surface area contributed by atoms with E-state index >= 15 is 0 Å². The van der Waals surface area contributed by atoms with E-state index in [1.54, 1.807) is 10.9 Å². The molecular formula is C9H11ClN4O. The van der Waals surface area contributed by atoms with Crippen molar-refractivity contribution in [2.24, 2.45) is 7.05 Å². The third-order valence-corrected chi connectivity index (χ3v) is 2.43. The molecule has 0 radical (unpaired) electrons. The highest BCUT2D eigenvalue weighted by atomic mass is 35.5. The number of nitrogens with one attached hydrogen (secondary N) is 1. The average Bonchev–Trinajstić information content (AvgIpc) is 2.77. The van der Waals surface area contributed by atoms with Gasteiger partial charge in [-0.15, -0.1) is 0 Å². The smallest absolute Gasteiger partial charge is 0.246 e. The minimum absolute atomic E-state index is 0.484. The minimum atomic E-state index is 0.484. The van der Waals surface area contributed by atoms with Gasteiger partial charge >= 0.3 is 0 Å². The van der Waals surface area contributed by atoms with Gasteiger partial charge in [0.05, 0.1) is 16.9 Å². The maximum Gasteiger partial charge on any atom is 0.246 e. The van der Waals surface area contributed by atoms with Gasteiger partial charge in [-0.2, -0.15) is 5.10 Å². The monoisotopic (exact) mass is 226 g/mol. The van der Waals surface area contributed by atoms with Gasteiger partial charge in [0.2, 0.25) is 5.89 Å². The van der Waals surface area contributed by atoms with Crippen LogP contribution in [0.4, 0.5) is 0 Å². The van der Waals surface area contributed by atoms with Crippen molar-refractivity contribution in [1.82, 2.24) is 20.1 Å². The highest BCUT2D eigenvalue weighted by molar-refractivity contribution is 6.33. The molecule has 0 aliphatic rings. The molecule has 0 unspecified atom stereocenters. The van der Waals surface area contributed by atoms with E-state index < -0.39 is 0 Å². The van der Waals surface area contributed by atoms with Gasteiger partial charge in [0.15, 0.2) is 0 Å². The molecule has 80 valence electrons. The van der Waals surface area contributed by atoms with Crippen LogP contribution in [0, 0.1) is 0 Å². The van der Waals surface area contributed by atoms with E-state index in [4.69, 9.17) is 16.0 Å².